The lowest BCUT2D eigenvalue weighted by molar-refractivity contribution is 0.0769. The van der Waals surface area contributed by atoms with E-state index in [2.05, 4.69) is 9.97 Å². The predicted octanol–water partition coefficient (Wildman–Crippen LogP) is 3.32. The number of aromatic nitrogens is 3. The van der Waals surface area contributed by atoms with E-state index in [0.29, 0.717) is 68.9 Å². The van der Waals surface area contributed by atoms with Crippen molar-refractivity contribution in [3.63, 3.8) is 0 Å². The van der Waals surface area contributed by atoms with Crippen LogP contribution in [0.3, 0.4) is 0 Å². The van der Waals surface area contributed by atoms with E-state index in [9.17, 15) is 14.7 Å². The molecule has 1 fully saturated rings. The van der Waals surface area contributed by atoms with Gasteiger partial charge in [0.1, 0.15) is 15.7 Å². The summed E-state index contributed by atoms with van der Waals surface area (Å²) in [5.74, 6) is 0.421. The van der Waals surface area contributed by atoms with Gasteiger partial charge in [0.25, 0.3) is 11.5 Å². The summed E-state index contributed by atoms with van der Waals surface area (Å²) >= 11 is 7.20. The first-order chi connectivity index (χ1) is 16.3. The zero-order chi connectivity index (χ0) is 24.0. The lowest BCUT2D eigenvalue weighted by atomic mass is 10.1. The topological polar surface area (TPSA) is 114 Å². The minimum atomic E-state index is -0.481. The van der Waals surface area contributed by atoms with Gasteiger partial charge in [-0.15, -0.1) is 11.3 Å². The Bertz CT molecular complexity index is 1460. The molecule has 174 valence electrons. The molecule has 5 rings (SSSR count). The number of aliphatic hydroxyl groups is 1. The predicted molar refractivity (Wildman–Crippen MR) is 133 cm³/mol. The summed E-state index contributed by atoms with van der Waals surface area (Å²) in [6.45, 7) is 3.01. The van der Waals surface area contributed by atoms with Crippen LogP contribution >= 0.6 is 22.9 Å². The number of nitrogens with two attached hydrogens (primary N) is 1. The number of aryl methyl sites for hydroxylation is 1. The van der Waals surface area contributed by atoms with Gasteiger partial charge in [-0.3, -0.25) is 14.2 Å². The van der Waals surface area contributed by atoms with E-state index in [1.807, 2.05) is 12.1 Å². The van der Waals surface area contributed by atoms with Crippen LogP contribution in [0.15, 0.2) is 47.4 Å². The van der Waals surface area contributed by atoms with Crippen LogP contribution < -0.4 is 11.3 Å². The first-order valence-corrected chi connectivity index (χ1v) is 12.0. The van der Waals surface area contributed by atoms with Gasteiger partial charge in [-0.2, -0.15) is 0 Å². The molecule has 0 spiro atoms. The molecular formula is C24H22ClN5O3S. The molecule has 34 heavy (non-hydrogen) atoms. The number of carbonyl (C=O) groups is 1. The Labute approximate surface area is 204 Å². The lowest BCUT2D eigenvalue weighted by Gasteiger charge is -2.13. The van der Waals surface area contributed by atoms with Crippen molar-refractivity contribution in [1.29, 1.82) is 0 Å². The Kier molecular flexibility index (Phi) is 5.85. The second-order valence-corrected chi connectivity index (χ2v) is 9.82. The highest BCUT2D eigenvalue weighted by Crippen LogP contribution is 2.33. The summed E-state index contributed by atoms with van der Waals surface area (Å²) in [7, 11) is 0. The summed E-state index contributed by atoms with van der Waals surface area (Å²) in [5, 5.41) is 11.3. The maximum Gasteiger partial charge on any atom is 0.265 e. The number of hydrogen-bond donors (Lipinski definition) is 2. The Morgan fingerprint density at radius 1 is 1.29 bits per heavy atom. The number of hydrogen-bond acceptors (Lipinski definition) is 7. The van der Waals surface area contributed by atoms with Crippen LogP contribution in [-0.2, 0) is 6.54 Å². The van der Waals surface area contributed by atoms with Crippen molar-refractivity contribution in [2.45, 2.75) is 26.0 Å². The van der Waals surface area contributed by atoms with Crippen LogP contribution in [0.4, 0.5) is 5.69 Å². The molecular weight excluding hydrogens is 474 g/mol. The van der Waals surface area contributed by atoms with Gasteiger partial charge < -0.3 is 15.7 Å². The van der Waals surface area contributed by atoms with E-state index in [0.717, 1.165) is 5.56 Å². The van der Waals surface area contributed by atoms with Gasteiger partial charge in [0.2, 0.25) is 0 Å². The molecule has 1 amide bonds. The maximum absolute atomic E-state index is 13.2. The molecule has 0 bridgehead atoms. The lowest BCUT2D eigenvalue weighted by Crippen LogP contribution is -2.28. The van der Waals surface area contributed by atoms with Gasteiger partial charge in [0.05, 0.1) is 29.7 Å². The average molecular weight is 496 g/mol. The molecule has 3 N–H and O–H groups in total. The van der Waals surface area contributed by atoms with E-state index in [-0.39, 0.29) is 11.5 Å². The molecule has 10 heteroatoms. The average Bonchev–Trinajstić information content (AvgIpc) is 3.47. The van der Waals surface area contributed by atoms with E-state index >= 15 is 0 Å². The van der Waals surface area contributed by atoms with Crippen molar-refractivity contribution < 1.29 is 9.90 Å². The number of β-amino-alcohol motifs (C(OH)–C–C–N with tert-alkyl or cyclic N) is 1. The highest BCUT2D eigenvalue weighted by Gasteiger charge is 2.27. The summed E-state index contributed by atoms with van der Waals surface area (Å²) in [6.07, 6.45) is 1.63. The van der Waals surface area contributed by atoms with Crippen molar-refractivity contribution in [2.24, 2.45) is 0 Å². The Hall–Kier alpha value is -3.27. The molecule has 4 aromatic rings. The fraction of sp³-hybridized carbons (Fsp3) is 0.250. The smallest absolute Gasteiger partial charge is 0.265 e. The Balaban J connectivity index is 1.49. The number of rotatable bonds is 4. The van der Waals surface area contributed by atoms with E-state index in [1.54, 1.807) is 40.7 Å². The van der Waals surface area contributed by atoms with Crippen molar-refractivity contribution in [1.82, 2.24) is 19.4 Å². The SMILES string of the molecule is Cc1nc2cc(-c3ncc(C(=O)N4CCC(O)C4)s3)c(N)cc2c(=O)n1Cc1ccc(Cl)cc1. The summed E-state index contributed by atoms with van der Waals surface area (Å²) < 4.78 is 1.61. The molecule has 0 aliphatic carbocycles. The number of fused-ring (bicyclic) bond motifs is 1. The molecule has 1 atom stereocenters. The molecule has 0 saturated carbocycles. The normalized spacial score (nSPS) is 15.9. The molecule has 2 aromatic carbocycles. The van der Waals surface area contributed by atoms with E-state index in [4.69, 9.17) is 17.3 Å². The van der Waals surface area contributed by atoms with Gasteiger partial charge in [-0.05, 0) is 43.2 Å². The van der Waals surface area contributed by atoms with Gasteiger partial charge >= 0.3 is 0 Å². The number of nitrogens with zero attached hydrogens (tertiary/aromatic N) is 4. The third-order valence-electron chi connectivity index (χ3n) is 5.97. The standard InChI is InChI=1S/C24H22ClN5O3S/c1-13-28-20-9-17(22-27-10-21(34-22)24(33)29-7-6-16(31)12-29)19(26)8-18(20)23(32)30(13)11-14-2-4-15(25)5-3-14/h2-5,8-10,16,31H,6-7,11-12,26H2,1H3. The second-order valence-electron chi connectivity index (χ2n) is 8.36. The molecule has 2 aromatic heterocycles. The number of benzene rings is 2. The van der Waals surface area contributed by atoms with Crippen LogP contribution in [0.2, 0.25) is 5.02 Å². The number of aliphatic hydroxyl groups excluding tert-OH is 1. The van der Waals surface area contributed by atoms with Crippen molar-refractivity contribution in [2.75, 3.05) is 18.8 Å². The van der Waals surface area contributed by atoms with Crippen LogP contribution in [-0.4, -0.2) is 49.6 Å². The van der Waals surface area contributed by atoms with Crippen molar-refractivity contribution >= 4 is 45.4 Å². The number of halogens is 1. The second kappa shape index (κ2) is 8.83. The van der Waals surface area contributed by atoms with Crippen molar-refractivity contribution in [3.8, 4) is 10.6 Å². The summed E-state index contributed by atoms with van der Waals surface area (Å²) in [4.78, 5) is 37.1. The van der Waals surface area contributed by atoms with Gasteiger partial charge in [-0.1, -0.05) is 23.7 Å². The maximum atomic E-state index is 13.2. The van der Waals surface area contributed by atoms with E-state index in [1.165, 1.54) is 17.5 Å². The zero-order valence-corrected chi connectivity index (χ0v) is 19.9. The molecule has 3 heterocycles. The Morgan fingerprint density at radius 2 is 2.06 bits per heavy atom. The largest absolute Gasteiger partial charge is 0.398 e. The number of anilines is 1. The van der Waals surface area contributed by atoms with Crippen LogP contribution in [0.5, 0.6) is 0 Å². The minimum absolute atomic E-state index is 0.154. The molecule has 1 aliphatic rings. The molecule has 1 saturated heterocycles. The number of carbonyl (C=O) groups excluding carboxylic acids is 1. The number of amides is 1. The van der Waals surface area contributed by atoms with E-state index < -0.39 is 6.10 Å². The highest BCUT2D eigenvalue weighted by atomic mass is 35.5. The third-order valence-corrected chi connectivity index (χ3v) is 7.24. The number of thiazole rings is 1. The van der Waals surface area contributed by atoms with Crippen LogP contribution in [0.1, 0.15) is 27.5 Å². The van der Waals surface area contributed by atoms with Gasteiger partial charge in [0.15, 0.2) is 0 Å². The molecule has 1 aliphatic heterocycles. The fourth-order valence-corrected chi connectivity index (χ4v) is 5.17. The number of nitrogen functional groups attached to an aromatic ring is 1. The Morgan fingerprint density at radius 3 is 2.76 bits per heavy atom. The third kappa shape index (κ3) is 4.18. The summed E-state index contributed by atoms with van der Waals surface area (Å²) in [5.41, 5.74) is 8.60. The summed E-state index contributed by atoms with van der Waals surface area (Å²) in [6, 6.07) is 10.7. The molecule has 1 unspecified atom stereocenters. The molecule has 0 radical (unpaired) electrons. The van der Waals surface area contributed by atoms with Gasteiger partial charge in [0, 0.05) is 29.4 Å². The molecule has 8 nitrogen and oxygen atoms in total. The highest BCUT2D eigenvalue weighted by molar-refractivity contribution is 7.17. The number of likely N-dealkylation sites (tertiary alicyclic amines) is 1. The monoisotopic (exact) mass is 495 g/mol. The first kappa shape index (κ1) is 22.5. The van der Waals surface area contributed by atoms with Gasteiger partial charge in [-0.25, -0.2) is 9.97 Å². The van der Waals surface area contributed by atoms with Crippen LogP contribution in [0, 0.1) is 6.92 Å². The van der Waals surface area contributed by atoms with Crippen LogP contribution in [0.25, 0.3) is 21.5 Å². The minimum Gasteiger partial charge on any atom is -0.398 e. The fourth-order valence-electron chi connectivity index (χ4n) is 4.12. The quantitative estimate of drug-likeness (QED) is 0.420. The first-order valence-electron chi connectivity index (χ1n) is 10.8. The van der Waals surface area contributed by atoms with Crippen molar-refractivity contribution in [3.05, 3.63) is 74.2 Å². The zero-order valence-electron chi connectivity index (χ0n) is 18.4.